The molecule has 0 bridgehead atoms. The van der Waals surface area contributed by atoms with Crippen molar-refractivity contribution in [2.24, 2.45) is 0 Å². The highest BCUT2D eigenvalue weighted by atomic mass is 16.5. The summed E-state index contributed by atoms with van der Waals surface area (Å²) in [5, 5.41) is 0. The molecule has 0 aliphatic carbocycles. The van der Waals surface area contributed by atoms with Gasteiger partial charge in [-0.3, -0.25) is 0 Å². The summed E-state index contributed by atoms with van der Waals surface area (Å²) in [6.07, 6.45) is 1.08. The summed E-state index contributed by atoms with van der Waals surface area (Å²) in [4.78, 5) is 0. The summed E-state index contributed by atoms with van der Waals surface area (Å²) >= 11 is 0. The minimum Gasteiger partial charge on any atom is -0.489 e. The van der Waals surface area contributed by atoms with Gasteiger partial charge in [0.2, 0.25) is 0 Å². The molecule has 2 rings (SSSR count). The van der Waals surface area contributed by atoms with E-state index in [1.165, 1.54) is 22.3 Å². The van der Waals surface area contributed by atoms with Crippen LogP contribution in [0.5, 0.6) is 5.75 Å². The number of rotatable bonds is 4. The molecule has 0 spiro atoms. The normalized spacial score (nSPS) is 10.4. The minimum absolute atomic E-state index is 0.633. The van der Waals surface area contributed by atoms with Crippen LogP contribution in [-0.2, 0) is 13.0 Å². The summed E-state index contributed by atoms with van der Waals surface area (Å²) in [7, 11) is 0. The Hall–Kier alpha value is -1.76. The Morgan fingerprint density at radius 3 is 2.22 bits per heavy atom. The molecule has 0 aliphatic heterocycles. The average Bonchev–Trinajstić information content (AvgIpc) is 2.41. The molecule has 1 nitrogen and oxygen atoms in total. The zero-order chi connectivity index (χ0) is 13.0. The van der Waals surface area contributed by atoms with Crippen LogP contribution in [0.15, 0.2) is 42.5 Å². The third-order valence-electron chi connectivity index (χ3n) is 3.38. The van der Waals surface area contributed by atoms with Crippen molar-refractivity contribution in [1.29, 1.82) is 0 Å². The van der Waals surface area contributed by atoms with Crippen LogP contribution in [0, 0.1) is 13.8 Å². The van der Waals surface area contributed by atoms with Gasteiger partial charge in [-0.2, -0.15) is 0 Å². The molecule has 2 aromatic rings. The molecule has 0 saturated carbocycles. The van der Waals surface area contributed by atoms with E-state index < -0.39 is 0 Å². The molecule has 0 atom stereocenters. The highest BCUT2D eigenvalue weighted by molar-refractivity contribution is 5.38. The summed E-state index contributed by atoms with van der Waals surface area (Å²) < 4.78 is 5.88. The Labute approximate surface area is 109 Å². The zero-order valence-electron chi connectivity index (χ0n) is 11.4. The fraction of sp³-hybridized carbons (Fsp3) is 0.294. The second-order valence-corrected chi connectivity index (χ2v) is 4.66. The van der Waals surface area contributed by atoms with E-state index in [4.69, 9.17) is 4.74 Å². The van der Waals surface area contributed by atoms with Crippen molar-refractivity contribution in [2.45, 2.75) is 33.8 Å². The van der Waals surface area contributed by atoms with Crippen molar-refractivity contribution in [2.75, 3.05) is 0 Å². The lowest BCUT2D eigenvalue weighted by atomic mass is 10.1. The van der Waals surface area contributed by atoms with E-state index in [9.17, 15) is 0 Å². The highest BCUT2D eigenvalue weighted by Crippen LogP contribution is 2.21. The molecule has 0 aromatic heterocycles. The second-order valence-electron chi connectivity index (χ2n) is 4.66. The van der Waals surface area contributed by atoms with E-state index in [2.05, 4.69) is 51.1 Å². The Balaban J connectivity index is 2.04. The lowest BCUT2D eigenvalue weighted by molar-refractivity contribution is 0.304. The number of aryl methyl sites for hydroxylation is 2. The predicted octanol–water partition coefficient (Wildman–Crippen LogP) is 4.44. The van der Waals surface area contributed by atoms with E-state index in [0.29, 0.717) is 6.61 Å². The molecule has 94 valence electrons. The zero-order valence-corrected chi connectivity index (χ0v) is 11.4. The highest BCUT2D eigenvalue weighted by Gasteiger charge is 2.02. The lowest BCUT2D eigenvalue weighted by Gasteiger charge is -2.11. The average molecular weight is 240 g/mol. The van der Waals surface area contributed by atoms with Crippen molar-refractivity contribution in [3.63, 3.8) is 0 Å². The van der Waals surface area contributed by atoms with Gasteiger partial charge in [-0.25, -0.2) is 0 Å². The van der Waals surface area contributed by atoms with Crippen molar-refractivity contribution >= 4 is 0 Å². The van der Waals surface area contributed by atoms with Gasteiger partial charge in [0, 0.05) is 0 Å². The van der Waals surface area contributed by atoms with Gasteiger partial charge in [0.05, 0.1) is 0 Å². The largest absolute Gasteiger partial charge is 0.489 e. The van der Waals surface area contributed by atoms with Crippen LogP contribution in [0.2, 0.25) is 0 Å². The molecule has 0 saturated heterocycles. The lowest BCUT2D eigenvalue weighted by Crippen LogP contribution is -1.98. The molecular formula is C17H20O. The fourth-order valence-electron chi connectivity index (χ4n) is 1.91. The van der Waals surface area contributed by atoms with Crippen LogP contribution >= 0.6 is 0 Å². The number of hydrogen-bond donors (Lipinski definition) is 0. The molecule has 0 fully saturated rings. The molecule has 0 unspecified atom stereocenters. The topological polar surface area (TPSA) is 9.23 Å². The van der Waals surface area contributed by atoms with Crippen molar-refractivity contribution in [3.05, 3.63) is 64.7 Å². The van der Waals surface area contributed by atoms with Gasteiger partial charge in [0.1, 0.15) is 12.4 Å². The van der Waals surface area contributed by atoms with E-state index in [0.717, 1.165) is 12.2 Å². The van der Waals surface area contributed by atoms with Crippen LogP contribution in [0.4, 0.5) is 0 Å². The maximum Gasteiger partial charge on any atom is 0.122 e. The Morgan fingerprint density at radius 1 is 0.889 bits per heavy atom. The molecule has 0 aliphatic rings. The maximum atomic E-state index is 5.88. The van der Waals surface area contributed by atoms with E-state index in [1.54, 1.807) is 0 Å². The third kappa shape index (κ3) is 2.92. The van der Waals surface area contributed by atoms with Crippen LogP contribution in [-0.4, -0.2) is 0 Å². The SMILES string of the molecule is CCc1ccc(COc2cccc(C)c2C)cc1. The van der Waals surface area contributed by atoms with Gasteiger partial charge in [0.25, 0.3) is 0 Å². The van der Waals surface area contributed by atoms with Crippen LogP contribution in [0.1, 0.15) is 29.2 Å². The van der Waals surface area contributed by atoms with Crippen molar-refractivity contribution < 1.29 is 4.74 Å². The van der Waals surface area contributed by atoms with Gasteiger partial charge in [-0.15, -0.1) is 0 Å². The van der Waals surface area contributed by atoms with E-state index in [-0.39, 0.29) is 0 Å². The summed E-state index contributed by atoms with van der Waals surface area (Å²) in [6.45, 7) is 7.01. The van der Waals surface area contributed by atoms with E-state index in [1.807, 2.05) is 12.1 Å². The van der Waals surface area contributed by atoms with Crippen LogP contribution in [0.3, 0.4) is 0 Å². The number of hydrogen-bond acceptors (Lipinski definition) is 1. The third-order valence-corrected chi connectivity index (χ3v) is 3.38. The molecule has 2 aromatic carbocycles. The molecule has 0 N–H and O–H groups in total. The molecule has 0 amide bonds. The van der Waals surface area contributed by atoms with Crippen molar-refractivity contribution in [1.82, 2.24) is 0 Å². The molecule has 0 radical (unpaired) electrons. The van der Waals surface area contributed by atoms with E-state index >= 15 is 0 Å². The quantitative estimate of drug-likeness (QED) is 0.767. The Bertz CT molecular complexity index is 512. The second kappa shape index (κ2) is 5.72. The minimum atomic E-state index is 0.633. The van der Waals surface area contributed by atoms with Crippen LogP contribution < -0.4 is 4.74 Å². The molecule has 0 heterocycles. The Morgan fingerprint density at radius 2 is 1.56 bits per heavy atom. The first-order chi connectivity index (χ1) is 8.70. The standard InChI is InChI=1S/C17H20O/c1-4-15-8-10-16(11-9-15)12-18-17-7-5-6-13(2)14(17)3/h5-11H,4,12H2,1-3H3. The van der Waals surface area contributed by atoms with Gasteiger partial charge in [-0.05, 0) is 48.6 Å². The smallest absolute Gasteiger partial charge is 0.122 e. The Kier molecular flexibility index (Phi) is 4.03. The van der Waals surface area contributed by atoms with Gasteiger partial charge in [0.15, 0.2) is 0 Å². The van der Waals surface area contributed by atoms with Crippen molar-refractivity contribution in [3.8, 4) is 5.75 Å². The van der Waals surface area contributed by atoms with Crippen LogP contribution in [0.25, 0.3) is 0 Å². The number of ether oxygens (including phenoxy) is 1. The first-order valence-corrected chi connectivity index (χ1v) is 6.47. The molecule has 18 heavy (non-hydrogen) atoms. The predicted molar refractivity (Wildman–Crippen MR) is 76.1 cm³/mol. The summed E-state index contributed by atoms with van der Waals surface area (Å²) in [6, 6.07) is 14.8. The first kappa shape index (κ1) is 12.7. The fourth-order valence-corrected chi connectivity index (χ4v) is 1.91. The maximum absolute atomic E-state index is 5.88. The van der Waals surface area contributed by atoms with Gasteiger partial charge >= 0.3 is 0 Å². The van der Waals surface area contributed by atoms with Gasteiger partial charge in [-0.1, -0.05) is 43.3 Å². The number of benzene rings is 2. The summed E-state index contributed by atoms with van der Waals surface area (Å²) in [5.41, 5.74) is 5.08. The molecular weight excluding hydrogens is 220 g/mol. The first-order valence-electron chi connectivity index (χ1n) is 6.47. The summed E-state index contributed by atoms with van der Waals surface area (Å²) in [5.74, 6) is 0.981. The monoisotopic (exact) mass is 240 g/mol. The molecule has 1 heteroatoms. The van der Waals surface area contributed by atoms with Gasteiger partial charge < -0.3 is 4.74 Å².